The number of nitrogens with zero attached hydrogens (tertiary/aromatic N) is 3. The lowest BCUT2D eigenvalue weighted by molar-refractivity contribution is -0.123. The Hall–Kier alpha value is -4.97. The van der Waals surface area contributed by atoms with Gasteiger partial charge >= 0.3 is 0 Å². The van der Waals surface area contributed by atoms with E-state index in [0.29, 0.717) is 71.8 Å². The second kappa shape index (κ2) is 12.7. The number of benzene rings is 3. The Morgan fingerprint density at radius 1 is 1.05 bits per heavy atom. The van der Waals surface area contributed by atoms with E-state index in [1.807, 2.05) is 6.07 Å². The van der Waals surface area contributed by atoms with Crippen molar-refractivity contribution in [1.82, 2.24) is 25.7 Å². The molecule has 11 nitrogen and oxygen atoms in total. The molecule has 0 saturated carbocycles. The molecule has 6 bridgehead atoms. The van der Waals surface area contributed by atoms with E-state index in [4.69, 9.17) is 18.6 Å². The average Bonchev–Trinajstić information content (AvgIpc) is 3.43. The van der Waals surface area contributed by atoms with Crippen LogP contribution in [0.5, 0.6) is 17.2 Å². The van der Waals surface area contributed by atoms with E-state index in [9.17, 15) is 14.0 Å². The van der Waals surface area contributed by atoms with Crippen molar-refractivity contribution in [3.63, 3.8) is 0 Å². The van der Waals surface area contributed by atoms with Gasteiger partial charge in [-0.1, -0.05) is 12.1 Å². The fourth-order valence-corrected chi connectivity index (χ4v) is 5.46. The van der Waals surface area contributed by atoms with Gasteiger partial charge in [0.2, 0.25) is 11.8 Å². The molecule has 0 unspecified atom stereocenters. The average molecular weight is 602 g/mol. The molecule has 6 rings (SSSR count). The first-order valence-corrected chi connectivity index (χ1v) is 14.3. The van der Waals surface area contributed by atoms with Crippen molar-refractivity contribution in [2.45, 2.75) is 38.6 Å². The van der Waals surface area contributed by atoms with E-state index in [2.05, 4.69) is 25.7 Å². The van der Waals surface area contributed by atoms with E-state index in [0.717, 1.165) is 5.56 Å². The van der Waals surface area contributed by atoms with E-state index >= 15 is 0 Å². The minimum atomic E-state index is -0.499. The van der Waals surface area contributed by atoms with E-state index in [1.54, 1.807) is 56.5 Å². The number of nitrogens with one attached hydrogen (secondary N) is 2. The summed E-state index contributed by atoms with van der Waals surface area (Å²) >= 11 is 0. The van der Waals surface area contributed by atoms with Gasteiger partial charge in [0.05, 0.1) is 19.7 Å². The lowest BCUT2D eigenvalue weighted by Crippen LogP contribution is -2.56. The van der Waals surface area contributed by atoms with Gasteiger partial charge in [-0.05, 0) is 60.0 Å². The maximum Gasteiger partial charge on any atom is 0.258 e. The number of amides is 2. The third kappa shape index (κ3) is 6.81. The van der Waals surface area contributed by atoms with Crippen LogP contribution < -0.4 is 24.8 Å². The van der Waals surface area contributed by atoms with Gasteiger partial charge in [-0.3, -0.25) is 14.5 Å². The monoisotopic (exact) mass is 601 g/mol. The molecular weight excluding hydrogens is 569 g/mol. The molecule has 1 fully saturated rings. The van der Waals surface area contributed by atoms with Gasteiger partial charge in [-0.25, -0.2) is 4.39 Å². The number of aromatic nitrogens is 2. The maximum atomic E-state index is 14.6. The molecule has 2 amide bonds. The number of methoxy groups -OCH3 is 1. The van der Waals surface area contributed by atoms with Crippen LogP contribution in [0, 0.1) is 12.7 Å². The molecular formula is C32H32FN5O6. The Morgan fingerprint density at radius 3 is 2.75 bits per heavy atom. The summed E-state index contributed by atoms with van der Waals surface area (Å²) in [6.07, 6.45) is 0.0762. The van der Waals surface area contributed by atoms with Crippen LogP contribution in [0.4, 0.5) is 4.39 Å². The fourth-order valence-electron chi connectivity index (χ4n) is 5.46. The first-order chi connectivity index (χ1) is 21.3. The van der Waals surface area contributed by atoms with Crippen LogP contribution in [-0.4, -0.2) is 65.9 Å². The lowest BCUT2D eigenvalue weighted by atomic mass is 9.99. The summed E-state index contributed by atoms with van der Waals surface area (Å²) < 4.78 is 37.9. The van der Waals surface area contributed by atoms with Crippen molar-refractivity contribution in [1.29, 1.82) is 0 Å². The van der Waals surface area contributed by atoms with Crippen molar-refractivity contribution in [2.24, 2.45) is 0 Å². The normalized spacial score (nSPS) is 19.2. The van der Waals surface area contributed by atoms with Gasteiger partial charge < -0.3 is 29.3 Å². The predicted molar refractivity (Wildman–Crippen MR) is 157 cm³/mol. The molecule has 2 atom stereocenters. The highest BCUT2D eigenvalue weighted by atomic mass is 19.1. The van der Waals surface area contributed by atoms with Crippen LogP contribution in [-0.2, 0) is 17.9 Å². The van der Waals surface area contributed by atoms with Gasteiger partial charge in [-0.2, -0.15) is 0 Å². The number of likely N-dealkylation sites (tertiary alicyclic amines) is 1. The summed E-state index contributed by atoms with van der Waals surface area (Å²) in [5.41, 5.74) is 2.38. The molecule has 2 N–H and O–H groups in total. The molecule has 1 aromatic heterocycles. The molecule has 2 aliphatic heterocycles. The zero-order chi connectivity index (χ0) is 30.6. The van der Waals surface area contributed by atoms with Crippen LogP contribution in [0.1, 0.15) is 34.1 Å². The highest BCUT2D eigenvalue weighted by Gasteiger charge is 2.33. The Morgan fingerprint density at radius 2 is 1.93 bits per heavy atom. The molecule has 3 aromatic carbocycles. The Labute approximate surface area is 253 Å². The largest absolute Gasteiger partial charge is 0.496 e. The van der Waals surface area contributed by atoms with E-state index < -0.39 is 18.0 Å². The highest BCUT2D eigenvalue weighted by molar-refractivity contribution is 5.96. The van der Waals surface area contributed by atoms with Crippen molar-refractivity contribution in [3.05, 3.63) is 89.4 Å². The number of carbonyl (C=O) groups is 2. The van der Waals surface area contributed by atoms with Crippen molar-refractivity contribution < 1.29 is 32.6 Å². The fraction of sp³-hybridized carbons (Fsp3) is 0.312. The van der Waals surface area contributed by atoms with E-state index in [1.165, 1.54) is 12.1 Å². The Bertz CT molecular complexity index is 1680. The zero-order valence-electron chi connectivity index (χ0n) is 24.3. The van der Waals surface area contributed by atoms with Crippen LogP contribution in [0.25, 0.3) is 11.1 Å². The Kier molecular flexibility index (Phi) is 8.42. The van der Waals surface area contributed by atoms with Gasteiger partial charge in [0.25, 0.3) is 11.8 Å². The molecule has 4 aromatic rings. The van der Waals surface area contributed by atoms with Crippen LogP contribution in [0.2, 0.25) is 0 Å². The third-order valence-electron chi connectivity index (χ3n) is 7.56. The number of carbonyl (C=O) groups excluding carboxylic acids is 2. The van der Waals surface area contributed by atoms with Crippen molar-refractivity contribution in [3.8, 4) is 28.4 Å². The molecule has 0 spiro atoms. The summed E-state index contributed by atoms with van der Waals surface area (Å²) in [6, 6.07) is 16.2. The summed E-state index contributed by atoms with van der Waals surface area (Å²) in [7, 11) is 1.56. The summed E-state index contributed by atoms with van der Waals surface area (Å²) in [4.78, 5) is 28.4. The smallest absolute Gasteiger partial charge is 0.258 e. The number of halogens is 1. The quantitative estimate of drug-likeness (QED) is 0.362. The standard InChI is InChI=1S/C32H32FN5O6/c1-19-36-37-31(43-19)17-38-9-8-29-27(16-38)35-32(40)22-6-7-28(41-2)26(13-22)21-4-3-5-24(12-21)42-18-30(39)34-15-20-10-23(33)14-25(11-20)44-29/h3-7,10-14,27,29H,8-9,15-18H2,1-2H3,(H,34,39)(H,35,40)/t27-,29-/m1/s1. The van der Waals surface area contributed by atoms with E-state index in [-0.39, 0.29) is 25.0 Å². The number of rotatable bonds is 3. The second-order valence-electron chi connectivity index (χ2n) is 10.8. The van der Waals surface area contributed by atoms with Gasteiger partial charge in [0, 0.05) is 43.8 Å². The predicted octanol–water partition coefficient (Wildman–Crippen LogP) is 3.65. The summed E-state index contributed by atoms with van der Waals surface area (Å²) in [6.45, 7) is 3.05. The molecule has 0 radical (unpaired) electrons. The molecule has 228 valence electrons. The van der Waals surface area contributed by atoms with Crippen LogP contribution >= 0.6 is 0 Å². The topological polar surface area (TPSA) is 128 Å². The third-order valence-corrected chi connectivity index (χ3v) is 7.56. The Balaban J connectivity index is 1.35. The van der Waals surface area contributed by atoms with Crippen molar-refractivity contribution >= 4 is 11.8 Å². The maximum absolute atomic E-state index is 14.6. The number of ether oxygens (including phenoxy) is 3. The van der Waals surface area contributed by atoms with Crippen molar-refractivity contribution in [2.75, 3.05) is 26.8 Å². The van der Waals surface area contributed by atoms with Gasteiger partial charge in [-0.15, -0.1) is 10.2 Å². The summed E-state index contributed by atoms with van der Waals surface area (Å²) in [5, 5.41) is 13.9. The number of hydrogen-bond acceptors (Lipinski definition) is 9. The second-order valence-corrected chi connectivity index (χ2v) is 10.8. The zero-order valence-corrected chi connectivity index (χ0v) is 24.3. The number of aryl methyl sites for hydroxylation is 1. The molecule has 12 heteroatoms. The first kappa shape index (κ1) is 29.1. The first-order valence-electron chi connectivity index (χ1n) is 14.3. The number of fused-ring (bicyclic) bond motifs is 8. The molecule has 0 aliphatic carbocycles. The highest BCUT2D eigenvalue weighted by Crippen LogP contribution is 2.33. The summed E-state index contributed by atoms with van der Waals surface area (Å²) in [5.74, 6) is 1.13. The molecule has 3 heterocycles. The van der Waals surface area contributed by atoms with Gasteiger partial charge in [0.1, 0.15) is 29.2 Å². The van der Waals surface area contributed by atoms with Crippen LogP contribution in [0.15, 0.2) is 65.1 Å². The SMILES string of the molecule is COc1ccc2cc1-c1cccc(c1)OCC(=O)NCc1cc(F)cc(c1)O[C@@H]1CCN(Cc3nnc(C)o3)C[C@H]1NC2=O. The molecule has 44 heavy (non-hydrogen) atoms. The minimum absolute atomic E-state index is 0.0849. The number of hydrogen-bond donors (Lipinski definition) is 2. The van der Waals surface area contributed by atoms with Gasteiger partial charge in [0.15, 0.2) is 6.61 Å². The lowest BCUT2D eigenvalue weighted by Gasteiger charge is -2.38. The number of piperidine rings is 1. The molecule has 1 saturated heterocycles. The minimum Gasteiger partial charge on any atom is -0.496 e. The van der Waals surface area contributed by atoms with Crippen LogP contribution in [0.3, 0.4) is 0 Å². The molecule has 2 aliphatic rings.